The van der Waals surface area contributed by atoms with Crippen LogP contribution in [0.15, 0.2) is 60.7 Å². The van der Waals surface area contributed by atoms with Crippen molar-refractivity contribution < 1.29 is 13.9 Å². The Labute approximate surface area is 163 Å². The maximum absolute atomic E-state index is 14.6. The summed E-state index contributed by atoms with van der Waals surface area (Å²) < 4.78 is 21.6. The number of pyridine rings is 1. The summed E-state index contributed by atoms with van der Waals surface area (Å²) in [4.78, 5) is 17.5. The first-order valence-corrected chi connectivity index (χ1v) is 9.05. The van der Waals surface area contributed by atoms with E-state index < -0.39 is 11.7 Å². The Morgan fingerprint density at radius 2 is 1.81 bits per heavy atom. The second-order valence-corrected chi connectivity index (χ2v) is 6.69. The molecule has 0 N–H and O–H groups in total. The first-order chi connectivity index (χ1) is 13.1. The Morgan fingerprint density at radius 1 is 1.11 bits per heavy atom. The summed E-state index contributed by atoms with van der Waals surface area (Å²) in [7, 11) is 1.50. The molecule has 0 aliphatic carbocycles. The van der Waals surface area contributed by atoms with Gasteiger partial charge in [0.1, 0.15) is 0 Å². The molecule has 0 saturated heterocycles. The normalized spacial score (nSPS) is 10.9. The molecule has 5 nitrogen and oxygen atoms in total. The van der Waals surface area contributed by atoms with Gasteiger partial charge >= 0.3 is 163 Å². The van der Waals surface area contributed by atoms with Crippen LogP contribution < -0.4 is 9.22 Å². The van der Waals surface area contributed by atoms with Gasteiger partial charge in [-0.05, 0) is 0 Å². The van der Waals surface area contributed by atoms with E-state index in [0.29, 0.717) is 32.4 Å². The van der Waals surface area contributed by atoms with E-state index in [2.05, 4.69) is 26.9 Å². The molecule has 0 aliphatic heterocycles. The van der Waals surface area contributed by atoms with Gasteiger partial charge in [-0.3, -0.25) is 0 Å². The van der Waals surface area contributed by atoms with E-state index in [-0.39, 0.29) is 5.69 Å². The minimum atomic E-state index is -0.467. The van der Waals surface area contributed by atoms with Gasteiger partial charge in [0.15, 0.2) is 0 Å². The van der Waals surface area contributed by atoms with Gasteiger partial charge in [-0.15, -0.1) is 0 Å². The van der Waals surface area contributed by atoms with Crippen LogP contribution in [-0.2, 0) is 0 Å². The summed E-state index contributed by atoms with van der Waals surface area (Å²) in [5.41, 5.74) is 1.44. The number of fused-ring (bicyclic) bond motifs is 1. The number of carbonyl (C=O) groups is 1. The van der Waals surface area contributed by atoms with Crippen LogP contribution >= 0.6 is 0 Å². The number of ether oxygens (including phenoxy) is 1. The van der Waals surface area contributed by atoms with Crippen molar-refractivity contribution in [2.75, 3.05) is 7.11 Å². The number of halogens is 1. The van der Waals surface area contributed by atoms with Gasteiger partial charge < -0.3 is 0 Å². The van der Waals surface area contributed by atoms with Crippen molar-refractivity contribution >= 4 is 38.3 Å². The number of benzene rings is 2. The van der Waals surface area contributed by atoms with Crippen LogP contribution in [0, 0.1) is 5.82 Å². The van der Waals surface area contributed by atoms with Gasteiger partial charge in [0.05, 0.1) is 0 Å². The number of carbonyl (C=O) groups excluding carboxylic acids is 1. The van der Waals surface area contributed by atoms with E-state index in [9.17, 15) is 9.18 Å². The standard InChI is InChI=1S/C20H13AsFN3O2/c1-27-16-10-6-5-9-13(16)20(26)25-19-14(18(21)24-25)11-15(22)17(23-19)12-7-3-2-4-8-12/h2-11H,1H3. The SMILES string of the molecule is COc1ccccc1C(=O)n1nc([As])c2cc(F)c(-c3ccccc3)nc21. The van der Waals surface area contributed by atoms with Crippen LogP contribution in [0.4, 0.5) is 4.39 Å². The number of methoxy groups -OCH3 is 1. The number of para-hydroxylation sites is 1. The van der Waals surface area contributed by atoms with Gasteiger partial charge in [-0.25, -0.2) is 0 Å². The molecule has 2 radical (unpaired) electrons. The topological polar surface area (TPSA) is 57.0 Å². The molecule has 2 heterocycles. The Hall–Kier alpha value is -2.98. The molecule has 7 heteroatoms. The van der Waals surface area contributed by atoms with Crippen molar-refractivity contribution in [1.29, 1.82) is 0 Å². The Morgan fingerprint density at radius 3 is 2.56 bits per heavy atom. The predicted octanol–water partition coefficient (Wildman–Crippen LogP) is 2.73. The molecule has 4 rings (SSSR count). The molecular weight excluding hydrogens is 408 g/mol. The third-order valence-corrected chi connectivity index (χ3v) is 4.86. The van der Waals surface area contributed by atoms with E-state index in [0.717, 1.165) is 0 Å². The van der Waals surface area contributed by atoms with Gasteiger partial charge in [0.2, 0.25) is 0 Å². The maximum atomic E-state index is 14.6. The number of rotatable bonds is 3. The fraction of sp³-hybridized carbons (Fsp3) is 0.0500. The Bertz CT molecular complexity index is 1160. The number of nitrogens with zero attached hydrogens (tertiary/aromatic N) is 3. The average molecular weight is 421 g/mol. The number of hydrogen-bond donors (Lipinski definition) is 0. The van der Waals surface area contributed by atoms with Crippen molar-refractivity contribution in [2.24, 2.45) is 0 Å². The van der Waals surface area contributed by atoms with Crippen LogP contribution in [0.5, 0.6) is 5.75 Å². The van der Waals surface area contributed by atoms with Gasteiger partial charge in [-0.1, -0.05) is 0 Å². The molecule has 0 bridgehead atoms. The Balaban J connectivity index is 1.93. The second kappa shape index (κ2) is 6.97. The molecule has 4 aromatic rings. The van der Waals surface area contributed by atoms with E-state index in [1.54, 1.807) is 48.5 Å². The van der Waals surface area contributed by atoms with E-state index >= 15 is 0 Å². The van der Waals surface area contributed by atoms with Crippen LogP contribution in [0.25, 0.3) is 22.3 Å². The van der Waals surface area contributed by atoms with Crippen molar-refractivity contribution in [2.45, 2.75) is 0 Å². The first-order valence-electron chi connectivity index (χ1n) is 8.11. The van der Waals surface area contributed by atoms with E-state index in [4.69, 9.17) is 4.74 Å². The molecule has 0 atom stereocenters. The van der Waals surface area contributed by atoms with E-state index in [1.165, 1.54) is 17.9 Å². The molecule has 2 aromatic carbocycles. The molecule has 27 heavy (non-hydrogen) atoms. The first kappa shape index (κ1) is 17.4. The quantitative estimate of drug-likeness (QED) is 0.478. The molecule has 2 aromatic heterocycles. The predicted molar refractivity (Wildman–Crippen MR) is 101 cm³/mol. The zero-order valence-electron chi connectivity index (χ0n) is 14.3. The summed E-state index contributed by atoms with van der Waals surface area (Å²) in [6.45, 7) is 0. The summed E-state index contributed by atoms with van der Waals surface area (Å²) in [5.74, 6) is -0.429. The third kappa shape index (κ3) is 3.02. The van der Waals surface area contributed by atoms with Gasteiger partial charge in [0.25, 0.3) is 0 Å². The van der Waals surface area contributed by atoms with Crippen molar-refractivity contribution in [3.8, 4) is 17.0 Å². The van der Waals surface area contributed by atoms with Crippen molar-refractivity contribution in [1.82, 2.24) is 14.8 Å². The molecule has 0 saturated carbocycles. The van der Waals surface area contributed by atoms with Crippen LogP contribution in [0.3, 0.4) is 0 Å². The summed E-state index contributed by atoms with van der Waals surface area (Å²) in [5, 5.41) is 4.74. The third-order valence-electron chi connectivity index (χ3n) is 4.17. The van der Waals surface area contributed by atoms with Crippen LogP contribution in [0.1, 0.15) is 10.4 Å². The number of aromatic nitrogens is 3. The molecule has 0 amide bonds. The summed E-state index contributed by atoms with van der Waals surface area (Å²) >= 11 is 2.24. The zero-order chi connectivity index (χ0) is 19.0. The van der Waals surface area contributed by atoms with Gasteiger partial charge in [0, 0.05) is 0 Å². The zero-order valence-corrected chi connectivity index (χ0v) is 16.1. The summed E-state index contributed by atoms with van der Waals surface area (Å²) in [6, 6.07) is 17.2. The molecule has 0 unspecified atom stereocenters. The number of hydrogen-bond acceptors (Lipinski definition) is 4. The average Bonchev–Trinajstić information content (AvgIpc) is 3.03. The molecular formula is C20H13AsFN3O2. The van der Waals surface area contributed by atoms with Crippen LogP contribution in [0.2, 0.25) is 0 Å². The Kier molecular flexibility index (Phi) is 4.50. The minimum absolute atomic E-state index is 0.171. The fourth-order valence-electron chi connectivity index (χ4n) is 2.88. The fourth-order valence-corrected chi connectivity index (χ4v) is 3.41. The van der Waals surface area contributed by atoms with Gasteiger partial charge in [-0.2, -0.15) is 0 Å². The molecule has 0 fully saturated rings. The molecule has 0 aliphatic rings. The van der Waals surface area contributed by atoms with Crippen LogP contribution in [-0.4, -0.2) is 44.6 Å². The van der Waals surface area contributed by atoms with Crippen molar-refractivity contribution in [3.05, 3.63) is 72.0 Å². The summed E-state index contributed by atoms with van der Waals surface area (Å²) in [6.07, 6.45) is 0. The van der Waals surface area contributed by atoms with Crippen molar-refractivity contribution in [3.63, 3.8) is 0 Å². The monoisotopic (exact) mass is 421 g/mol. The second-order valence-electron chi connectivity index (χ2n) is 5.80. The molecule has 0 spiro atoms. The van der Waals surface area contributed by atoms with E-state index in [1.807, 2.05) is 6.07 Å². The molecule has 132 valence electrons.